The van der Waals surface area contributed by atoms with E-state index in [0.29, 0.717) is 24.1 Å². The smallest absolute Gasteiger partial charge is 0.325 e. The average molecular weight is 344 g/mol. The minimum atomic E-state index is -0.823. The predicted molar refractivity (Wildman–Crippen MR) is 89.9 cm³/mol. The van der Waals surface area contributed by atoms with Crippen molar-refractivity contribution in [1.29, 1.82) is 0 Å². The van der Waals surface area contributed by atoms with Crippen LogP contribution in [0.25, 0.3) is 0 Å². The topological polar surface area (TPSA) is 108 Å². The third-order valence-corrected chi connectivity index (χ3v) is 4.64. The molecule has 3 rings (SSSR count). The van der Waals surface area contributed by atoms with Gasteiger partial charge in [0.1, 0.15) is 12.1 Å². The number of imide groups is 1. The first-order valence-electron chi connectivity index (χ1n) is 8.21. The van der Waals surface area contributed by atoms with E-state index in [4.69, 9.17) is 0 Å². The Balaban J connectivity index is 1.66. The third kappa shape index (κ3) is 3.19. The van der Waals surface area contributed by atoms with Crippen molar-refractivity contribution in [1.82, 2.24) is 15.5 Å². The fourth-order valence-electron chi connectivity index (χ4n) is 3.36. The second-order valence-corrected chi connectivity index (χ2v) is 6.32. The summed E-state index contributed by atoms with van der Waals surface area (Å²) < 4.78 is 0. The zero-order valence-corrected chi connectivity index (χ0v) is 13.9. The van der Waals surface area contributed by atoms with Crippen LogP contribution in [0.4, 0.5) is 10.5 Å². The van der Waals surface area contributed by atoms with Crippen LogP contribution in [-0.4, -0.2) is 47.8 Å². The van der Waals surface area contributed by atoms with Gasteiger partial charge in [-0.25, -0.2) is 4.79 Å². The molecule has 8 heteroatoms. The van der Waals surface area contributed by atoms with Crippen molar-refractivity contribution in [3.8, 4) is 0 Å². The third-order valence-electron chi connectivity index (χ3n) is 4.64. The van der Waals surface area contributed by atoms with Gasteiger partial charge in [-0.2, -0.15) is 0 Å². The summed E-state index contributed by atoms with van der Waals surface area (Å²) in [6.45, 7) is -0.351. The monoisotopic (exact) mass is 344 g/mol. The zero-order chi connectivity index (χ0) is 18.0. The number of hydrogen-bond donors (Lipinski definition) is 3. The highest BCUT2D eigenvalue weighted by Crippen LogP contribution is 2.34. The van der Waals surface area contributed by atoms with Crippen LogP contribution in [0.5, 0.6) is 0 Å². The average Bonchev–Trinajstić information content (AvgIpc) is 3.15. The Kier molecular flexibility index (Phi) is 4.43. The molecule has 1 saturated carbocycles. The molecule has 1 aliphatic carbocycles. The lowest BCUT2D eigenvalue weighted by Gasteiger charge is -2.19. The molecule has 0 radical (unpaired) electrons. The van der Waals surface area contributed by atoms with Crippen molar-refractivity contribution < 1.29 is 19.2 Å². The molecule has 1 spiro atoms. The lowest BCUT2D eigenvalue weighted by molar-refractivity contribution is -0.133. The lowest BCUT2D eigenvalue weighted by Crippen LogP contribution is -2.44. The van der Waals surface area contributed by atoms with E-state index in [2.05, 4.69) is 16.0 Å². The van der Waals surface area contributed by atoms with Crippen LogP contribution in [0, 0.1) is 0 Å². The fraction of sp³-hybridized carbons (Fsp3) is 0.412. The number of nitrogens with one attached hydrogen (secondary N) is 3. The van der Waals surface area contributed by atoms with Gasteiger partial charge in [-0.3, -0.25) is 19.3 Å². The quantitative estimate of drug-likeness (QED) is 0.704. The fourth-order valence-corrected chi connectivity index (χ4v) is 3.36. The molecule has 8 nitrogen and oxygen atoms in total. The standard InChI is InChI=1S/C17H20N4O4/c1-18-14(23)11-5-4-6-12(9-11)19-13(22)10-21-15(24)17(20-16(21)25)7-2-3-8-17/h4-6,9H,2-3,7-8,10H2,1H3,(H,18,23)(H,19,22)(H,20,25). The van der Waals surface area contributed by atoms with Crippen molar-refractivity contribution >= 4 is 29.4 Å². The van der Waals surface area contributed by atoms with Crippen molar-refractivity contribution in [2.24, 2.45) is 0 Å². The normalized spacial score (nSPS) is 18.4. The Morgan fingerprint density at radius 1 is 1.24 bits per heavy atom. The van der Waals surface area contributed by atoms with Gasteiger partial charge in [0.2, 0.25) is 5.91 Å². The van der Waals surface area contributed by atoms with E-state index in [-0.39, 0.29) is 18.4 Å². The van der Waals surface area contributed by atoms with Gasteiger partial charge in [0.05, 0.1) is 0 Å². The molecule has 1 saturated heterocycles. The first-order chi connectivity index (χ1) is 11.9. The Bertz CT molecular complexity index is 740. The summed E-state index contributed by atoms with van der Waals surface area (Å²) in [5.41, 5.74) is 0.00479. The molecule has 2 aliphatic rings. The maximum Gasteiger partial charge on any atom is 0.325 e. The largest absolute Gasteiger partial charge is 0.355 e. The van der Waals surface area contributed by atoms with Gasteiger partial charge in [-0.15, -0.1) is 0 Å². The molecular weight excluding hydrogens is 324 g/mol. The summed E-state index contributed by atoms with van der Waals surface area (Å²) in [4.78, 5) is 49.4. The number of urea groups is 1. The summed E-state index contributed by atoms with van der Waals surface area (Å²) in [6.07, 6.45) is 3.00. The highest BCUT2D eigenvalue weighted by Gasteiger charge is 2.52. The maximum atomic E-state index is 12.5. The van der Waals surface area contributed by atoms with Crippen LogP contribution < -0.4 is 16.0 Å². The molecular formula is C17H20N4O4. The van der Waals surface area contributed by atoms with Gasteiger partial charge in [0, 0.05) is 18.3 Å². The number of carbonyl (C=O) groups is 4. The van der Waals surface area contributed by atoms with Crippen LogP contribution in [0.2, 0.25) is 0 Å². The summed E-state index contributed by atoms with van der Waals surface area (Å²) in [6, 6.07) is 5.90. The molecule has 1 aliphatic heterocycles. The summed E-state index contributed by atoms with van der Waals surface area (Å²) in [7, 11) is 1.52. The van der Waals surface area contributed by atoms with Gasteiger partial charge in [0.25, 0.3) is 11.8 Å². The van der Waals surface area contributed by atoms with Crippen molar-refractivity contribution in [2.75, 3.05) is 18.9 Å². The Hall–Kier alpha value is -2.90. The minimum Gasteiger partial charge on any atom is -0.355 e. The number of benzene rings is 1. The SMILES string of the molecule is CNC(=O)c1cccc(NC(=O)CN2C(=O)NC3(CCCC3)C2=O)c1. The summed E-state index contributed by atoms with van der Waals surface area (Å²) in [5.74, 6) is -1.09. The van der Waals surface area contributed by atoms with Crippen molar-refractivity contribution in [3.05, 3.63) is 29.8 Å². The Labute approximate surface area is 144 Å². The van der Waals surface area contributed by atoms with Crippen LogP contribution in [0.1, 0.15) is 36.0 Å². The molecule has 2 fully saturated rings. The van der Waals surface area contributed by atoms with Crippen LogP contribution in [0.15, 0.2) is 24.3 Å². The van der Waals surface area contributed by atoms with Crippen LogP contribution in [-0.2, 0) is 9.59 Å². The van der Waals surface area contributed by atoms with E-state index in [9.17, 15) is 19.2 Å². The van der Waals surface area contributed by atoms with E-state index >= 15 is 0 Å². The first kappa shape index (κ1) is 16.9. The van der Waals surface area contributed by atoms with Crippen LogP contribution >= 0.6 is 0 Å². The molecule has 1 heterocycles. The van der Waals surface area contributed by atoms with Gasteiger partial charge in [-0.05, 0) is 31.0 Å². The Morgan fingerprint density at radius 3 is 2.64 bits per heavy atom. The van der Waals surface area contributed by atoms with Gasteiger partial charge in [0.15, 0.2) is 0 Å². The molecule has 1 aromatic rings. The maximum absolute atomic E-state index is 12.5. The van der Waals surface area contributed by atoms with Crippen molar-refractivity contribution in [3.63, 3.8) is 0 Å². The van der Waals surface area contributed by atoms with E-state index in [1.54, 1.807) is 18.2 Å². The number of carbonyl (C=O) groups excluding carboxylic acids is 4. The molecule has 0 atom stereocenters. The molecule has 1 aromatic carbocycles. The number of rotatable bonds is 4. The number of nitrogens with zero attached hydrogens (tertiary/aromatic N) is 1. The first-order valence-corrected chi connectivity index (χ1v) is 8.21. The lowest BCUT2D eigenvalue weighted by atomic mass is 9.98. The minimum absolute atomic E-state index is 0.270. The second kappa shape index (κ2) is 6.54. The van der Waals surface area contributed by atoms with Gasteiger partial charge < -0.3 is 16.0 Å². The number of amides is 5. The van der Waals surface area contributed by atoms with Gasteiger partial charge in [-0.1, -0.05) is 18.9 Å². The molecule has 0 unspecified atom stereocenters. The zero-order valence-electron chi connectivity index (χ0n) is 13.9. The molecule has 0 aromatic heterocycles. The summed E-state index contributed by atoms with van der Waals surface area (Å²) in [5, 5.41) is 7.85. The number of anilines is 1. The van der Waals surface area contributed by atoms with Gasteiger partial charge >= 0.3 is 6.03 Å². The molecule has 132 valence electrons. The molecule has 25 heavy (non-hydrogen) atoms. The van der Waals surface area contributed by atoms with E-state index in [1.807, 2.05) is 0 Å². The molecule has 0 bridgehead atoms. The second-order valence-electron chi connectivity index (χ2n) is 6.32. The molecule has 3 N–H and O–H groups in total. The van der Waals surface area contributed by atoms with E-state index in [1.165, 1.54) is 13.1 Å². The van der Waals surface area contributed by atoms with Crippen LogP contribution in [0.3, 0.4) is 0 Å². The highest BCUT2D eigenvalue weighted by molar-refractivity contribution is 6.10. The van der Waals surface area contributed by atoms with E-state index in [0.717, 1.165) is 17.7 Å². The Morgan fingerprint density at radius 2 is 1.96 bits per heavy atom. The van der Waals surface area contributed by atoms with E-state index < -0.39 is 17.5 Å². The predicted octanol–water partition coefficient (Wildman–Crippen LogP) is 0.849. The summed E-state index contributed by atoms with van der Waals surface area (Å²) >= 11 is 0. The number of hydrogen-bond acceptors (Lipinski definition) is 4. The highest BCUT2D eigenvalue weighted by atomic mass is 16.2. The van der Waals surface area contributed by atoms with Crippen molar-refractivity contribution in [2.45, 2.75) is 31.2 Å². The molecule has 5 amide bonds.